The molecule has 0 bridgehead atoms. The second-order valence-corrected chi connectivity index (χ2v) is 4.18. The maximum absolute atomic E-state index is 11.1. The quantitative estimate of drug-likeness (QED) is 0.555. The minimum Gasteiger partial charge on any atom is -0.550 e. The van der Waals surface area contributed by atoms with E-state index in [2.05, 4.69) is 0 Å². The monoisotopic (exact) mass is 197 g/mol. The van der Waals surface area contributed by atoms with Crippen LogP contribution in [-0.2, 0) is 14.3 Å². The third-order valence-electron chi connectivity index (χ3n) is 3.31. The fourth-order valence-electron chi connectivity index (χ4n) is 2.59. The molecule has 1 spiro atoms. The highest BCUT2D eigenvalue weighted by Gasteiger charge is 2.49. The van der Waals surface area contributed by atoms with Gasteiger partial charge in [-0.3, -0.25) is 4.79 Å². The fraction of sp³-hybridized carbons (Fsp3) is 0.800. The van der Waals surface area contributed by atoms with E-state index in [-0.39, 0.29) is 12.4 Å². The Morgan fingerprint density at radius 3 is 2.57 bits per heavy atom. The van der Waals surface area contributed by atoms with Gasteiger partial charge in [-0.1, -0.05) is 6.42 Å². The van der Waals surface area contributed by atoms with E-state index in [1.807, 2.05) is 0 Å². The molecule has 2 rings (SSSR count). The lowest BCUT2D eigenvalue weighted by molar-refractivity contribution is -0.315. The van der Waals surface area contributed by atoms with Crippen LogP contribution in [0.5, 0.6) is 0 Å². The van der Waals surface area contributed by atoms with Crippen LogP contribution < -0.4 is 5.11 Å². The molecule has 1 saturated carbocycles. The lowest BCUT2D eigenvalue weighted by Crippen LogP contribution is -2.46. The standard InChI is InChI=1S/C10H14O4/c11-8-6-7(9(12)13)10(14-8)4-2-1-3-5-10/h7H,1-6H2,(H,12,13)/p-1/t7-/m0/s1. The molecule has 2 fully saturated rings. The van der Waals surface area contributed by atoms with Crippen molar-refractivity contribution in [2.75, 3.05) is 0 Å². The van der Waals surface area contributed by atoms with Crippen molar-refractivity contribution in [1.29, 1.82) is 0 Å². The first-order valence-corrected chi connectivity index (χ1v) is 5.07. The van der Waals surface area contributed by atoms with E-state index in [0.29, 0.717) is 12.8 Å². The van der Waals surface area contributed by atoms with Gasteiger partial charge in [0.2, 0.25) is 0 Å². The summed E-state index contributed by atoms with van der Waals surface area (Å²) in [6, 6.07) is 0. The van der Waals surface area contributed by atoms with Crippen molar-refractivity contribution in [3.63, 3.8) is 0 Å². The van der Waals surface area contributed by atoms with Crippen LogP contribution in [0.3, 0.4) is 0 Å². The summed E-state index contributed by atoms with van der Waals surface area (Å²) in [4.78, 5) is 22.0. The number of carboxylic acid groups (broad SMARTS) is 1. The Balaban J connectivity index is 2.21. The molecule has 2 aliphatic rings. The zero-order valence-corrected chi connectivity index (χ0v) is 7.95. The molecule has 0 aromatic rings. The summed E-state index contributed by atoms with van der Waals surface area (Å²) in [7, 11) is 0. The molecule has 0 radical (unpaired) electrons. The summed E-state index contributed by atoms with van der Waals surface area (Å²) in [5.41, 5.74) is -0.728. The van der Waals surface area contributed by atoms with Crippen molar-refractivity contribution in [3.8, 4) is 0 Å². The second-order valence-electron chi connectivity index (χ2n) is 4.18. The molecule has 1 atom stereocenters. The van der Waals surface area contributed by atoms with E-state index in [4.69, 9.17) is 4.74 Å². The van der Waals surface area contributed by atoms with Gasteiger partial charge in [-0.15, -0.1) is 0 Å². The van der Waals surface area contributed by atoms with E-state index in [9.17, 15) is 14.7 Å². The average molecular weight is 197 g/mol. The Hall–Kier alpha value is -1.06. The lowest BCUT2D eigenvalue weighted by atomic mass is 9.76. The molecule has 0 unspecified atom stereocenters. The number of carboxylic acids is 1. The summed E-state index contributed by atoms with van der Waals surface area (Å²) >= 11 is 0. The van der Waals surface area contributed by atoms with Crippen LogP contribution in [0.1, 0.15) is 38.5 Å². The van der Waals surface area contributed by atoms with Gasteiger partial charge < -0.3 is 14.6 Å². The number of rotatable bonds is 1. The van der Waals surface area contributed by atoms with Gasteiger partial charge in [0.15, 0.2) is 0 Å². The minimum absolute atomic E-state index is 0.0116. The Morgan fingerprint density at radius 1 is 1.36 bits per heavy atom. The van der Waals surface area contributed by atoms with Crippen LogP contribution in [0.4, 0.5) is 0 Å². The zero-order chi connectivity index (χ0) is 10.2. The summed E-state index contributed by atoms with van der Waals surface area (Å²) in [5, 5.41) is 10.9. The number of hydrogen-bond donors (Lipinski definition) is 0. The predicted molar refractivity (Wildman–Crippen MR) is 45.0 cm³/mol. The molecule has 4 heteroatoms. The second kappa shape index (κ2) is 3.26. The fourth-order valence-corrected chi connectivity index (χ4v) is 2.59. The van der Waals surface area contributed by atoms with Crippen LogP contribution in [-0.4, -0.2) is 17.5 Å². The number of carbonyl (C=O) groups is 2. The van der Waals surface area contributed by atoms with Gasteiger partial charge >= 0.3 is 5.97 Å². The first-order valence-electron chi connectivity index (χ1n) is 5.07. The number of aliphatic carboxylic acids is 1. The van der Waals surface area contributed by atoms with Crippen LogP contribution >= 0.6 is 0 Å². The van der Waals surface area contributed by atoms with Gasteiger partial charge in [-0.05, 0) is 25.7 Å². The van der Waals surface area contributed by atoms with Gasteiger partial charge in [-0.25, -0.2) is 0 Å². The van der Waals surface area contributed by atoms with E-state index in [1.165, 1.54) is 0 Å². The smallest absolute Gasteiger partial charge is 0.307 e. The lowest BCUT2D eigenvalue weighted by Gasteiger charge is -2.37. The van der Waals surface area contributed by atoms with Crippen LogP contribution in [0, 0.1) is 5.92 Å². The molecule has 4 nitrogen and oxygen atoms in total. The van der Waals surface area contributed by atoms with Crippen molar-refractivity contribution >= 4 is 11.9 Å². The Kier molecular flexibility index (Phi) is 2.21. The maximum atomic E-state index is 11.1. The molecule has 0 aromatic carbocycles. The molecule has 1 saturated heterocycles. The van der Waals surface area contributed by atoms with Gasteiger partial charge in [0, 0.05) is 11.9 Å². The summed E-state index contributed by atoms with van der Waals surface area (Å²) < 4.78 is 5.20. The van der Waals surface area contributed by atoms with Gasteiger partial charge in [-0.2, -0.15) is 0 Å². The van der Waals surface area contributed by atoms with Gasteiger partial charge in [0.25, 0.3) is 0 Å². The largest absolute Gasteiger partial charge is 0.550 e. The molecule has 14 heavy (non-hydrogen) atoms. The van der Waals surface area contributed by atoms with Gasteiger partial charge in [0.1, 0.15) is 5.60 Å². The summed E-state index contributed by atoms with van der Waals surface area (Å²) in [5.74, 6) is -2.26. The van der Waals surface area contributed by atoms with Crippen LogP contribution in [0.2, 0.25) is 0 Å². The van der Waals surface area contributed by atoms with Crippen molar-refractivity contribution in [2.45, 2.75) is 44.1 Å². The Morgan fingerprint density at radius 2 is 2.00 bits per heavy atom. The van der Waals surface area contributed by atoms with Crippen LogP contribution in [0.15, 0.2) is 0 Å². The van der Waals surface area contributed by atoms with E-state index < -0.39 is 17.5 Å². The molecule has 0 aromatic heterocycles. The normalized spacial score (nSPS) is 30.3. The van der Waals surface area contributed by atoms with Gasteiger partial charge in [0.05, 0.1) is 6.42 Å². The van der Waals surface area contributed by atoms with Crippen LogP contribution in [0.25, 0.3) is 0 Å². The molecule has 1 aliphatic carbocycles. The predicted octanol–water partition coefficient (Wildman–Crippen LogP) is 0.00230. The molecule has 0 amide bonds. The molecule has 0 N–H and O–H groups in total. The van der Waals surface area contributed by atoms with Crippen molar-refractivity contribution < 1.29 is 19.4 Å². The number of carbonyl (C=O) groups excluding carboxylic acids is 2. The third-order valence-corrected chi connectivity index (χ3v) is 3.31. The SMILES string of the molecule is O=C1C[C@@H](C(=O)[O-])C2(CCCCC2)O1. The first-order chi connectivity index (χ1) is 6.64. The Bertz CT molecular complexity index is 265. The highest BCUT2D eigenvalue weighted by atomic mass is 16.6. The molecule has 1 aliphatic heterocycles. The van der Waals surface area contributed by atoms with E-state index in [1.54, 1.807) is 0 Å². The molecule has 1 heterocycles. The van der Waals surface area contributed by atoms with E-state index >= 15 is 0 Å². The maximum Gasteiger partial charge on any atom is 0.307 e. The highest BCUT2D eigenvalue weighted by molar-refractivity contribution is 5.82. The zero-order valence-electron chi connectivity index (χ0n) is 7.95. The topological polar surface area (TPSA) is 66.4 Å². The van der Waals surface area contributed by atoms with E-state index in [0.717, 1.165) is 19.3 Å². The number of ether oxygens (including phenoxy) is 1. The third kappa shape index (κ3) is 1.38. The van der Waals surface area contributed by atoms with Crippen molar-refractivity contribution in [1.82, 2.24) is 0 Å². The number of esters is 1. The Labute approximate surface area is 82.2 Å². The molecular formula is C10H13O4-. The van der Waals surface area contributed by atoms with Crippen molar-refractivity contribution in [3.05, 3.63) is 0 Å². The number of hydrogen-bond acceptors (Lipinski definition) is 4. The molecular weight excluding hydrogens is 184 g/mol. The summed E-state index contributed by atoms with van der Waals surface area (Å²) in [6.45, 7) is 0. The minimum atomic E-state index is -1.14. The molecule has 78 valence electrons. The summed E-state index contributed by atoms with van der Waals surface area (Å²) in [6.07, 6.45) is 4.32. The first kappa shape index (κ1) is 9.49. The highest BCUT2D eigenvalue weighted by Crippen LogP contribution is 2.43. The average Bonchev–Trinajstić information content (AvgIpc) is 2.44. The van der Waals surface area contributed by atoms with Crippen molar-refractivity contribution in [2.24, 2.45) is 5.92 Å².